The number of rotatable bonds is 26. The maximum absolute atomic E-state index is 11.7. The van der Waals surface area contributed by atoms with Crippen LogP contribution in [-0.2, 0) is 60.3 Å². The molecular weight excluding hydrogens is 1520 g/mol. The van der Waals surface area contributed by atoms with E-state index < -0.39 is 39.3 Å². The molecule has 592 valence electrons. The predicted molar refractivity (Wildman–Crippen MR) is 451 cm³/mol. The van der Waals surface area contributed by atoms with E-state index in [1.807, 2.05) is 152 Å². The number of nitrogens with two attached hydrogens (primary N) is 3. The summed E-state index contributed by atoms with van der Waals surface area (Å²) in [5.74, 6) is 0.751. The Morgan fingerprint density at radius 1 is 0.397 bits per heavy atom. The minimum atomic E-state index is -0.748. The first-order valence-corrected chi connectivity index (χ1v) is 39.8. The van der Waals surface area contributed by atoms with E-state index in [2.05, 4.69) is 224 Å². The van der Waals surface area contributed by atoms with Gasteiger partial charge in [-0.2, -0.15) is 10.0 Å². The molecule has 0 unspecified atom stereocenters. The predicted octanol–water partition coefficient (Wildman–Crippen LogP) is 12.9. The van der Waals surface area contributed by atoms with E-state index in [-0.39, 0.29) is 37.2 Å². The third-order valence-corrected chi connectivity index (χ3v) is 23.5. The van der Waals surface area contributed by atoms with Gasteiger partial charge in [-0.1, -0.05) is 302 Å². The molecule has 3 fully saturated rings. The molecule has 24 nitrogen and oxygen atoms in total. The summed E-state index contributed by atoms with van der Waals surface area (Å²) in [5, 5.41) is 40.9. The molecule has 3 amide bonds. The van der Waals surface area contributed by atoms with Crippen molar-refractivity contribution >= 4 is 33.7 Å². The number of H-pyrrole nitrogens is 1. The van der Waals surface area contributed by atoms with Crippen molar-refractivity contribution in [3.8, 4) is 0 Å². The van der Waals surface area contributed by atoms with Gasteiger partial charge in [0.2, 0.25) is 17.7 Å². The molecule has 25 heteroatoms. The number of carbonyl (C=O) groups excluding carboxylic acids is 3. The molecule has 0 spiro atoms. The average molecular weight is 1610 g/mol. The summed E-state index contributed by atoms with van der Waals surface area (Å²) in [4.78, 5) is 54.0. The smallest absolute Gasteiger partial charge is 0.283 e. The first-order valence-electron chi connectivity index (χ1n) is 38.7. The summed E-state index contributed by atoms with van der Waals surface area (Å²) in [6, 6.07) is 92.0. The van der Waals surface area contributed by atoms with Crippen molar-refractivity contribution in [1.82, 2.24) is 75.7 Å². The fourth-order valence-corrected chi connectivity index (χ4v) is 16.6. The van der Waals surface area contributed by atoms with Gasteiger partial charge in [0, 0.05) is 72.3 Å². The van der Waals surface area contributed by atoms with Gasteiger partial charge in [0.15, 0.2) is 17.5 Å². The zero-order valence-electron chi connectivity index (χ0n) is 64.3. The molecule has 3 saturated heterocycles. The number of nitrogens with zero attached hydrogens (tertiary/aromatic N) is 17. The summed E-state index contributed by atoms with van der Waals surface area (Å²) in [6.45, 7) is 32.2. The Balaban J connectivity index is 0.000000166. The van der Waals surface area contributed by atoms with Crippen molar-refractivity contribution in [2.45, 2.75) is 111 Å². The fraction of sp³-hybridized carbons (Fsp3) is 0.308. The Morgan fingerprint density at radius 2 is 0.690 bits per heavy atom. The summed E-state index contributed by atoms with van der Waals surface area (Å²) < 4.78 is 1.54. The number of carbonyl (C=O) groups is 3. The number of nitrogens with one attached hydrogen (secondary N) is 1. The number of tetrazole rings is 3. The van der Waals surface area contributed by atoms with E-state index in [1.165, 1.54) is 10.4 Å². The largest absolute Gasteiger partial charge is 0.369 e. The van der Waals surface area contributed by atoms with Gasteiger partial charge in [-0.05, 0) is 110 Å². The van der Waals surface area contributed by atoms with E-state index in [1.54, 1.807) is 4.68 Å². The molecule has 3 aliphatic rings. The molecule has 0 saturated carbocycles. The highest BCUT2D eigenvalue weighted by atomic mass is 79.9. The van der Waals surface area contributed by atoms with Crippen LogP contribution < -0.4 is 17.2 Å². The minimum Gasteiger partial charge on any atom is -0.369 e. The van der Waals surface area contributed by atoms with Gasteiger partial charge < -0.3 is 31.9 Å². The lowest BCUT2D eigenvalue weighted by atomic mass is 9.71. The molecule has 7 N–H and O–H groups in total. The van der Waals surface area contributed by atoms with Crippen LogP contribution in [0.3, 0.4) is 0 Å². The summed E-state index contributed by atoms with van der Waals surface area (Å²) in [5.41, 5.74) is 21.9. The van der Waals surface area contributed by atoms with Gasteiger partial charge in [0.25, 0.3) is 16.6 Å². The van der Waals surface area contributed by atoms with Gasteiger partial charge in [0.05, 0.1) is 21.6 Å². The van der Waals surface area contributed by atoms with Crippen LogP contribution in [0.5, 0.6) is 0 Å². The zero-order chi connectivity index (χ0) is 80.4. The summed E-state index contributed by atoms with van der Waals surface area (Å²) in [6.07, 6.45) is 7.14. The van der Waals surface area contributed by atoms with E-state index in [4.69, 9.17) is 31.2 Å². The number of likely N-dealkylation sites (tertiary alicyclic amines) is 3. The van der Waals surface area contributed by atoms with Crippen LogP contribution >= 0.6 is 15.9 Å². The summed E-state index contributed by atoms with van der Waals surface area (Å²) in [7, 11) is 0. The van der Waals surface area contributed by atoms with Crippen LogP contribution in [0, 0.1) is 19.7 Å². The number of benzene rings is 9. The van der Waals surface area contributed by atoms with Crippen molar-refractivity contribution in [1.29, 1.82) is 0 Å². The SMILES string of the molecule is C.NC(=O)CBr.[C-]#[N+]C(CCN1CCC(c2ccccc2)(c2nn[nH]n2)CC1)(c1ccccc1)c1ccccc1.[C-]#[N+]C(CCN1CCC(c2ccccc2)(c2nnn(CC(N)=O)n2)CC1)(c1ccccc1)c1ccccc1.[C-]#[N+]C(CCN1CCC(c2ccccc2)(c2nnnn2CC(N)=O)CC1)(c1ccccc1)c1ccccc1. The molecule has 3 aliphatic heterocycles. The monoisotopic (exact) mass is 1610 g/mol. The molecule has 9 aromatic carbocycles. The Kier molecular flexibility index (Phi) is 29.0. The number of piperidine rings is 3. The lowest BCUT2D eigenvalue weighted by Gasteiger charge is -2.41. The minimum absolute atomic E-state index is 0. The highest BCUT2D eigenvalue weighted by Gasteiger charge is 2.49. The highest BCUT2D eigenvalue weighted by molar-refractivity contribution is 9.09. The first-order chi connectivity index (χ1) is 56.2. The zero-order valence-corrected chi connectivity index (χ0v) is 65.9. The number of alkyl halides is 1. The van der Waals surface area contributed by atoms with E-state index in [0.29, 0.717) is 24.5 Å². The number of aromatic nitrogens is 12. The van der Waals surface area contributed by atoms with Crippen LogP contribution in [-0.4, -0.2) is 158 Å². The third-order valence-electron chi connectivity index (χ3n) is 22.9. The molecule has 0 atom stereocenters. The second-order valence-corrected chi connectivity index (χ2v) is 29.9. The number of hydrogen-bond acceptors (Lipinski definition) is 15. The second-order valence-electron chi connectivity index (χ2n) is 29.3. The lowest BCUT2D eigenvalue weighted by Crippen LogP contribution is -2.46. The van der Waals surface area contributed by atoms with Gasteiger partial charge in [-0.15, -0.1) is 25.5 Å². The van der Waals surface area contributed by atoms with Gasteiger partial charge >= 0.3 is 0 Å². The third kappa shape index (κ3) is 19.3. The Labute approximate surface area is 687 Å². The molecule has 0 bridgehead atoms. The molecule has 0 aliphatic carbocycles. The average Bonchev–Trinajstić information content (AvgIpc) is 1.46. The number of amides is 3. The number of primary amides is 3. The molecular formula is C91H98BrN21O3. The molecule has 0 radical (unpaired) electrons. The normalized spacial score (nSPS) is 15.2. The van der Waals surface area contributed by atoms with Gasteiger partial charge in [-0.3, -0.25) is 28.9 Å². The Hall–Kier alpha value is -12.6. The molecule has 6 heterocycles. The van der Waals surface area contributed by atoms with Crippen molar-refractivity contribution in [2.24, 2.45) is 17.2 Å². The van der Waals surface area contributed by atoms with Crippen molar-refractivity contribution in [3.05, 3.63) is 375 Å². The molecule has 15 rings (SSSR count). The highest BCUT2D eigenvalue weighted by Crippen LogP contribution is 2.46. The van der Waals surface area contributed by atoms with E-state index in [9.17, 15) is 14.4 Å². The van der Waals surface area contributed by atoms with Crippen molar-refractivity contribution in [3.63, 3.8) is 0 Å². The number of halogens is 1. The summed E-state index contributed by atoms with van der Waals surface area (Å²) >= 11 is 2.84. The fourth-order valence-electron chi connectivity index (χ4n) is 16.6. The van der Waals surface area contributed by atoms with Gasteiger partial charge in [0.1, 0.15) is 13.1 Å². The van der Waals surface area contributed by atoms with Crippen LogP contribution in [0.25, 0.3) is 14.5 Å². The van der Waals surface area contributed by atoms with Crippen molar-refractivity contribution < 1.29 is 14.4 Å². The lowest BCUT2D eigenvalue weighted by molar-refractivity contribution is -0.119. The van der Waals surface area contributed by atoms with E-state index >= 15 is 0 Å². The standard InChI is InChI=1S/2C30H31N7O.C28H28N6.C2H4BrNO.CH4/c1-32-30(25-13-7-3-8-14-25,26-15-9-4-10-16-26)19-22-36-20-17-29(18-21-36,24-11-5-2-6-12-24)28-33-34-35-37(28)23-27(31)38;1-32-30(25-13-7-3-8-14-25,26-15-9-4-10-16-26)19-22-36-20-17-29(18-21-36,24-11-5-2-6-12-24)28-33-35-37(34-28)23-27(31)38;1-29-28(24-13-7-3-8-14-24,25-15-9-4-10-16-25)19-22-34-20-17-27(18-21-34,26-30-32-33-31-26)23-11-5-2-6-12-23;3-1-2(4)5;/h2*2-16H,17-23H2,(H2,31,38);2-16H,17-22H2,(H,30,31,32,33);1H2,(H2,4,5);1H4. The van der Waals surface area contributed by atoms with Crippen LogP contribution in [0.4, 0.5) is 0 Å². The van der Waals surface area contributed by atoms with Crippen LogP contribution in [0.15, 0.2) is 273 Å². The first kappa shape index (κ1) is 84.3. The molecule has 3 aromatic heterocycles. The quantitative estimate of drug-likeness (QED) is 0.0289. The van der Waals surface area contributed by atoms with Crippen LogP contribution in [0.2, 0.25) is 0 Å². The number of hydrogen-bond donors (Lipinski definition) is 4. The Bertz CT molecular complexity index is 5030. The van der Waals surface area contributed by atoms with Crippen molar-refractivity contribution in [2.75, 3.05) is 64.2 Å². The topological polar surface area (TPSA) is 294 Å². The maximum Gasteiger partial charge on any atom is 0.283 e. The molecule has 116 heavy (non-hydrogen) atoms. The van der Waals surface area contributed by atoms with E-state index in [0.717, 1.165) is 154 Å². The Morgan fingerprint density at radius 3 is 0.974 bits per heavy atom. The molecule has 12 aromatic rings. The van der Waals surface area contributed by atoms with Crippen LogP contribution in [0.1, 0.15) is 133 Å². The van der Waals surface area contributed by atoms with Gasteiger partial charge in [-0.25, -0.2) is 24.4 Å². The second kappa shape index (κ2) is 39.9. The maximum atomic E-state index is 11.7. The number of aromatic amines is 1.